The summed E-state index contributed by atoms with van der Waals surface area (Å²) in [4.78, 5) is 9.47. The van der Waals surface area contributed by atoms with Crippen molar-refractivity contribution in [2.75, 3.05) is 12.8 Å². The fraction of sp³-hybridized carbons (Fsp3) is 0.238. The van der Waals surface area contributed by atoms with Gasteiger partial charge in [-0.25, -0.2) is 13.4 Å². The largest absolute Gasteiger partial charge is 0.445 e. The number of sulfonamides is 1. The Bertz CT molecular complexity index is 1400. The van der Waals surface area contributed by atoms with Crippen molar-refractivity contribution in [1.29, 1.82) is 0 Å². The molecule has 3 aromatic heterocycles. The number of rotatable bonds is 3. The van der Waals surface area contributed by atoms with Gasteiger partial charge in [-0.3, -0.25) is 10.3 Å². The zero-order valence-corrected chi connectivity index (χ0v) is 19.6. The number of aromatic nitrogens is 2. The predicted octanol–water partition coefficient (Wildman–Crippen LogP) is 3.59. The van der Waals surface area contributed by atoms with Gasteiger partial charge in [0.1, 0.15) is 12.6 Å². The third-order valence-electron chi connectivity index (χ3n) is 5.65. The first-order valence-corrected chi connectivity index (χ1v) is 12.6. The molecule has 0 amide bonds. The summed E-state index contributed by atoms with van der Waals surface area (Å²) in [6.07, 6.45) is 3.99. The molecule has 0 aliphatic carbocycles. The highest BCUT2D eigenvalue weighted by Gasteiger charge is 2.45. The van der Waals surface area contributed by atoms with Gasteiger partial charge in [-0.05, 0) is 25.1 Å². The van der Waals surface area contributed by atoms with Crippen LogP contribution in [0.1, 0.15) is 11.8 Å². The number of halogens is 1. The number of hydrogen-bond donors (Lipinski definition) is 2. The van der Waals surface area contributed by atoms with Gasteiger partial charge in [-0.15, -0.1) is 11.3 Å². The van der Waals surface area contributed by atoms with Crippen LogP contribution in [0.4, 0.5) is 0 Å². The van der Waals surface area contributed by atoms with E-state index in [1.807, 2.05) is 37.3 Å². The first kappa shape index (κ1) is 21.5. The molecule has 1 aliphatic rings. The quantitative estimate of drug-likeness (QED) is 0.452. The van der Waals surface area contributed by atoms with Gasteiger partial charge in [0.2, 0.25) is 15.9 Å². The molecular formula is C21H20ClN5O3S2. The van der Waals surface area contributed by atoms with Gasteiger partial charge < -0.3 is 10.2 Å². The third-order valence-corrected chi connectivity index (χ3v) is 9.68. The van der Waals surface area contributed by atoms with Gasteiger partial charge in [0.05, 0.1) is 32.9 Å². The predicted molar refractivity (Wildman–Crippen MR) is 126 cm³/mol. The first-order valence-electron chi connectivity index (χ1n) is 9.76. The molecule has 11 heteroatoms. The Kier molecular flexibility index (Phi) is 5.12. The van der Waals surface area contributed by atoms with E-state index >= 15 is 0 Å². The average Bonchev–Trinajstić information content (AvgIpc) is 3.41. The maximum atomic E-state index is 12.7. The third kappa shape index (κ3) is 3.43. The van der Waals surface area contributed by atoms with Crippen LogP contribution in [0.3, 0.4) is 0 Å². The molecule has 5 rings (SSSR count). The minimum atomic E-state index is -3.55. The molecule has 166 valence electrons. The molecule has 1 fully saturated rings. The smallest absolute Gasteiger partial charge is 0.225 e. The number of thiophene rings is 1. The van der Waals surface area contributed by atoms with Crippen molar-refractivity contribution in [3.63, 3.8) is 0 Å². The van der Waals surface area contributed by atoms with Gasteiger partial charge in [0, 0.05) is 34.6 Å². The fourth-order valence-electron chi connectivity index (χ4n) is 3.92. The van der Waals surface area contributed by atoms with E-state index in [-0.39, 0.29) is 5.75 Å². The van der Waals surface area contributed by atoms with Gasteiger partial charge >= 0.3 is 0 Å². The number of nitrogens with two attached hydrogens (primary N) is 1. The van der Waals surface area contributed by atoms with E-state index in [2.05, 4.69) is 15.3 Å². The van der Waals surface area contributed by atoms with E-state index in [1.54, 1.807) is 12.4 Å². The normalized spacial score (nSPS) is 23.6. The molecule has 1 aliphatic heterocycles. The lowest BCUT2D eigenvalue weighted by Gasteiger charge is -2.42. The van der Waals surface area contributed by atoms with Crippen molar-refractivity contribution in [2.45, 2.75) is 18.8 Å². The van der Waals surface area contributed by atoms with Crippen LogP contribution in [-0.2, 0) is 15.6 Å². The molecule has 0 radical (unpaired) electrons. The van der Waals surface area contributed by atoms with Gasteiger partial charge in [0.15, 0.2) is 0 Å². The lowest BCUT2D eigenvalue weighted by Crippen LogP contribution is -2.66. The van der Waals surface area contributed by atoms with E-state index < -0.39 is 21.9 Å². The van der Waals surface area contributed by atoms with Crippen LogP contribution in [-0.4, -0.2) is 41.8 Å². The standard InChI is InChI=1S/C21H20ClN5O3S2/c1-21(11-32(28,29)27(2)20(23)26-21)18-15(22)14-7-8-24-16(17(14)31-18)12-3-5-13(6-4-12)19-25-9-10-30-19/h3-10,20,26H,11,23H2,1-2H3/t20?,21-/m0/s1. The van der Waals surface area contributed by atoms with Gasteiger partial charge in [0.25, 0.3) is 0 Å². The van der Waals surface area contributed by atoms with E-state index in [4.69, 9.17) is 21.8 Å². The van der Waals surface area contributed by atoms with Gasteiger partial charge in [-0.2, -0.15) is 4.31 Å². The molecule has 4 aromatic rings. The zero-order chi connectivity index (χ0) is 22.7. The Hall–Kier alpha value is -2.34. The summed E-state index contributed by atoms with van der Waals surface area (Å²) in [7, 11) is -2.08. The number of hydrogen-bond acceptors (Lipinski definition) is 8. The Morgan fingerprint density at radius 2 is 1.94 bits per heavy atom. The minimum Gasteiger partial charge on any atom is -0.445 e. The second-order valence-corrected chi connectivity index (χ2v) is 11.3. The lowest BCUT2D eigenvalue weighted by molar-refractivity contribution is 0.219. The Labute approximate surface area is 194 Å². The molecule has 1 unspecified atom stereocenters. The summed E-state index contributed by atoms with van der Waals surface area (Å²) in [5.74, 6) is 0.396. The average molecular weight is 490 g/mol. The van der Waals surface area contributed by atoms with Crippen molar-refractivity contribution in [1.82, 2.24) is 19.6 Å². The number of oxazole rings is 1. The highest BCUT2D eigenvalue weighted by molar-refractivity contribution is 7.89. The number of nitrogens with one attached hydrogen (secondary N) is 1. The molecule has 4 heterocycles. The summed E-state index contributed by atoms with van der Waals surface area (Å²) in [5.41, 5.74) is 7.66. The second-order valence-electron chi connectivity index (χ2n) is 7.89. The van der Waals surface area contributed by atoms with Crippen LogP contribution in [0.15, 0.2) is 53.4 Å². The van der Waals surface area contributed by atoms with E-state index in [0.29, 0.717) is 15.8 Å². The van der Waals surface area contributed by atoms with Crippen LogP contribution in [0.25, 0.3) is 32.8 Å². The highest BCUT2D eigenvalue weighted by Crippen LogP contribution is 2.45. The van der Waals surface area contributed by atoms with Crippen molar-refractivity contribution < 1.29 is 12.8 Å². The molecule has 8 nitrogen and oxygen atoms in total. The Morgan fingerprint density at radius 1 is 1.22 bits per heavy atom. The topological polar surface area (TPSA) is 114 Å². The van der Waals surface area contributed by atoms with Crippen molar-refractivity contribution in [2.24, 2.45) is 5.73 Å². The lowest BCUT2D eigenvalue weighted by atomic mass is 10.0. The molecule has 1 aromatic carbocycles. The fourth-order valence-corrected chi connectivity index (χ4v) is 7.42. The molecule has 3 N–H and O–H groups in total. The van der Waals surface area contributed by atoms with E-state index in [1.165, 1.54) is 24.6 Å². The maximum absolute atomic E-state index is 12.7. The molecular weight excluding hydrogens is 470 g/mol. The molecule has 0 bridgehead atoms. The Balaban J connectivity index is 1.60. The van der Waals surface area contributed by atoms with Crippen LogP contribution in [0.2, 0.25) is 5.02 Å². The summed E-state index contributed by atoms with van der Waals surface area (Å²) in [6, 6.07) is 9.58. The summed E-state index contributed by atoms with van der Waals surface area (Å²) in [5, 5.41) is 4.54. The van der Waals surface area contributed by atoms with E-state index in [9.17, 15) is 8.42 Å². The van der Waals surface area contributed by atoms with Crippen LogP contribution >= 0.6 is 22.9 Å². The summed E-state index contributed by atoms with van der Waals surface area (Å²) in [6.45, 7) is 1.81. The van der Waals surface area contributed by atoms with E-state index in [0.717, 1.165) is 31.2 Å². The second kappa shape index (κ2) is 7.62. The summed E-state index contributed by atoms with van der Waals surface area (Å²) >= 11 is 8.21. The van der Waals surface area contributed by atoms with Crippen LogP contribution in [0.5, 0.6) is 0 Å². The van der Waals surface area contributed by atoms with Crippen molar-refractivity contribution in [3.8, 4) is 22.7 Å². The molecule has 0 saturated carbocycles. The number of benzene rings is 1. The van der Waals surface area contributed by atoms with Crippen LogP contribution < -0.4 is 11.1 Å². The molecule has 1 saturated heterocycles. The minimum absolute atomic E-state index is 0.148. The zero-order valence-electron chi connectivity index (χ0n) is 17.2. The number of nitrogens with zero attached hydrogens (tertiary/aromatic N) is 3. The summed E-state index contributed by atoms with van der Waals surface area (Å²) < 4.78 is 32.7. The van der Waals surface area contributed by atoms with Crippen molar-refractivity contribution >= 4 is 43.0 Å². The number of pyridine rings is 1. The molecule has 2 atom stereocenters. The Morgan fingerprint density at radius 3 is 2.59 bits per heavy atom. The van der Waals surface area contributed by atoms with Crippen molar-refractivity contribution in [3.05, 3.63) is 58.9 Å². The van der Waals surface area contributed by atoms with Crippen LogP contribution in [0, 0.1) is 0 Å². The number of fused-ring (bicyclic) bond motifs is 1. The monoisotopic (exact) mass is 489 g/mol. The maximum Gasteiger partial charge on any atom is 0.225 e. The first-order chi connectivity index (χ1) is 15.2. The van der Waals surface area contributed by atoms with Gasteiger partial charge in [-0.1, -0.05) is 23.7 Å². The highest BCUT2D eigenvalue weighted by atomic mass is 35.5. The molecule has 0 spiro atoms. The molecule has 32 heavy (non-hydrogen) atoms. The SMILES string of the molecule is CN1C(N)N[C@](C)(c2sc3c(-c4ccc(-c5ncco5)cc4)nccc3c2Cl)CS1(=O)=O.